The third-order valence-corrected chi connectivity index (χ3v) is 3.47. The van der Waals surface area contributed by atoms with Gasteiger partial charge < -0.3 is 14.5 Å². The van der Waals surface area contributed by atoms with Crippen LogP contribution in [0.2, 0.25) is 0 Å². The molecule has 2 atom stereocenters. The molecule has 2 unspecified atom stereocenters. The maximum Gasteiger partial charge on any atom is 0.105 e. The van der Waals surface area contributed by atoms with Gasteiger partial charge in [0.15, 0.2) is 0 Å². The summed E-state index contributed by atoms with van der Waals surface area (Å²) in [5, 5.41) is 3.54. The fraction of sp³-hybridized carbons (Fsp3) is 0.714. The van der Waals surface area contributed by atoms with E-state index >= 15 is 0 Å². The maximum atomic E-state index is 5.71. The van der Waals surface area contributed by atoms with E-state index in [0.29, 0.717) is 12.1 Å². The Morgan fingerprint density at radius 1 is 1.41 bits per heavy atom. The summed E-state index contributed by atoms with van der Waals surface area (Å²) < 4.78 is 11.3. The van der Waals surface area contributed by atoms with E-state index in [1.54, 1.807) is 0 Å². The van der Waals surface area contributed by atoms with Gasteiger partial charge in [-0.2, -0.15) is 0 Å². The van der Waals surface area contributed by atoms with Crippen molar-refractivity contribution in [3.63, 3.8) is 0 Å². The first-order valence-electron chi connectivity index (χ1n) is 6.58. The summed E-state index contributed by atoms with van der Waals surface area (Å²) in [5.74, 6) is 2.01. The molecule has 1 aromatic heterocycles. The van der Waals surface area contributed by atoms with Crippen molar-refractivity contribution in [3.8, 4) is 0 Å². The Balaban J connectivity index is 1.84. The highest BCUT2D eigenvalue weighted by molar-refractivity contribution is 5.23. The molecule has 17 heavy (non-hydrogen) atoms. The second-order valence-corrected chi connectivity index (χ2v) is 4.99. The molecule has 2 rings (SSSR count). The lowest BCUT2D eigenvalue weighted by molar-refractivity contribution is 0.0156. The third-order valence-electron chi connectivity index (χ3n) is 3.47. The molecule has 1 N–H and O–H groups in total. The molecule has 0 radical (unpaired) electrons. The number of hydrogen-bond acceptors (Lipinski definition) is 3. The highest BCUT2D eigenvalue weighted by Gasteiger charge is 2.17. The molecule has 1 aromatic rings. The molecule has 1 aliphatic heterocycles. The van der Waals surface area contributed by atoms with E-state index in [1.165, 1.54) is 24.8 Å². The Morgan fingerprint density at radius 2 is 2.24 bits per heavy atom. The molecule has 0 aliphatic carbocycles. The molecule has 0 saturated carbocycles. The van der Waals surface area contributed by atoms with E-state index in [9.17, 15) is 0 Å². The molecule has 1 aliphatic rings. The second kappa shape index (κ2) is 5.69. The lowest BCUT2D eigenvalue weighted by Crippen LogP contribution is -2.33. The fourth-order valence-electron chi connectivity index (χ4n) is 2.47. The van der Waals surface area contributed by atoms with Crippen molar-refractivity contribution >= 4 is 0 Å². The van der Waals surface area contributed by atoms with Crippen LogP contribution in [0, 0.1) is 13.8 Å². The van der Waals surface area contributed by atoms with Crippen LogP contribution in [0.3, 0.4) is 0 Å². The van der Waals surface area contributed by atoms with Gasteiger partial charge in [-0.1, -0.05) is 0 Å². The van der Waals surface area contributed by atoms with Gasteiger partial charge in [-0.15, -0.1) is 0 Å². The van der Waals surface area contributed by atoms with Gasteiger partial charge in [-0.25, -0.2) is 0 Å². The lowest BCUT2D eigenvalue weighted by Gasteiger charge is -2.24. The van der Waals surface area contributed by atoms with Gasteiger partial charge in [0.1, 0.15) is 11.5 Å². The minimum Gasteiger partial charge on any atom is -0.466 e. The van der Waals surface area contributed by atoms with Crippen molar-refractivity contribution in [2.24, 2.45) is 0 Å². The fourth-order valence-corrected chi connectivity index (χ4v) is 2.47. The Bertz CT molecular complexity index is 353. The predicted octanol–water partition coefficient (Wildman–Crippen LogP) is 3.12. The third kappa shape index (κ3) is 3.33. The molecule has 0 amide bonds. The Hall–Kier alpha value is -0.800. The molecular formula is C14H23NO2. The highest BCUT2D eigenvalue weighted by atomic mass is 16.5. The van der Waals surface area contributed by atoms with Crippen molar-refractivity contribution in [1.29, 1.82) is 0 Å². The first kappa shape index (κ1) is 12.7. The normalized spacial score (nSPS) is 22.6. The monoisotopic (exact) mass is 237 g/mol. The zero-order valence-corrected chi connectivity index (χ0v) is 11.1. The SMILES string of the molecule is Cc1cc(C(C)NCC2CCCCO2)c(C)o1. The van der Waals surface area contributed by atoms with Crippen LogP contribution in [0.4, 0.5) is 0 Å². The van der Waals surface area contributed by atoms with E-state index in [1.807, 2.05) is 13.8 Å². The van der Waals surface area contributed by atoms with Gasteiger partial charge in [0.2, 0.25) is 0 Å². The number of aryl methyl sites for hydroxylation is 2. The van der Waals surface area contributed by atoms with Crippen LogP contribution >= 0.6 is 0 Å². The number of furan rings is 1. The van der Waals surface area contributed by atoms with Crippen molar-refractivity contribution in [2.75, 3.05) is 13.2 Å². The van der Waals surface area contributed by atoms with Crippen LogP contribution in [0.25, 0.3) is 0 Å². The van der Waals surface area contributed by atoms with Crippen molar-refractivity contribution in [2.45, 2.75) is 52.2 Å². The molecule has 0 spiro atoms. The van der Waals surface area contributed by atoms with Crippen LogP contribution in [0.1, 0.15) is 49.3 Å². The smallest absolute Gasteiger partial charge is 0.105 e. The summed E-state index contributed by atoms with van der Waals surface area (Å²) in [5.41, 5.74) is 1.26. The predicted molar refractivity (Wildman–Crippen MR) is 68.2 cm³/mol. The molecule has 3 heteroatoms. The maximum absolute atomic E-state index is 5.71. The summed E-state index contributed by atoms with van der Waals surface area (Å²) in [4.78, 5) is 0. The van der Waals surface area contributed by atoms with Crippen molar-refractivity contribution in [3.05, 3.63) is 23.2 Å². The zero-order valence-electron chi connectivity index (χ0n) is 11.1. The number of rotatable bonds is 4. The van der Waals surface area contributed by atoms with E-state index in [-0.39, 0.29) is 0 Å². The molecule has 1 saturated heterocycles. The van der Waals surface area contributed by atoms with Gasteiger partial charge in [0, 0.05) is 24.8 Å². The van der Waals surface area contributed by atoms with Gasteiger partial charge in [0.05, 0.1) is 6.10 Å². The van der Waals surface area contributed by atoms with Gasteiger partial charge in [0.25, 0.3) is 0 Å². The largest absolute Gasteiger partial charge is 0.466 e. The van der Waals surface area contributed by atoms with Crippen LogP contribution < -0.4 is 5.32 Å². The van der Waals surface area contributed by atoms with E-state index < -0.39 is 0 Å². The standard InChI is InChI=1S/C14H23NO2/c1-10-8-14(12(3)17-10)11(2)15-9-13-6-4-5-7-16-13/h8,11,13,15H,4-7,9H2,1-3H3. The Kier molecular flexibility index (Phi) is 4.24. The first-order valence-corrected chi connectivity index (χ1v) is 6.58. The van der Waals surface area contributed by atoms with E-state index in [2.05, 4.69) is 18.3 Å². The number of nitrogens with one attached hydrogen (secondary N) is 1. The molecule has 1 fully saturated rings. The van der Waals surface area contributed by atoms with Gasteiger partial charge >= 0.3 is 0 Å². The molecule has 0 bridgehead atoms. The van der Waals surface area contributed by atoms with Gasteiger partial charge in [-0.3, -0.25) is 0 Å². The van der Waals surface area contributed by atoms with Crippen LogP contribution in [-0.4, -0.2) is 19.3 Å². The molecule has 3 nitrogen and oxygen atoms in total. The summed E-state index contributed by atoms with van der Waals surface area (Å²) in [6.45, 7) is 8.06. The summed E-state index contributed by atoms with van der Waals surface area (Å²) in [6.07, 6.45) is 4.08. The van der Waals surface area contributed by atoms with Crippen LogP contribution in [0.15, 0.2) is 10.5 Å². The average molecular weight is 237 g/mol. The molecule has 0 aromatic carbocycles. The van der Waals surface area contributed by atoms with E-state index in [4.69, 9.17) is 9.15 Å². The topological polar surface area (TPSA) is 34.4 Å². The quantitative estimate of drug-likeness (QED) is 0.873. The highest BCUT2D eigenvalue weighted by Crippen LogP contribution is 2.21. The lowest BCUT2D eigenvalue weighted by atomic mass is 10.1. The second-order valence-electron chi connectivity index (χ2n) is 4.99. The summed E-state index contributed by atoms with van der Waals surface area (Å²) in [7, 11) is 0. The minimum atomic E-state index is 0.331. The van der Waals surface area contributed by atoms with E-state index in [0.717, 1.165) is 24.7 Å². The number of ether oxygens (including phenoxy) is 1. The summed E-state index contributed by atoms with van der Waals surface area (Å²) >= 11 is 0. The number of hydrogen-bond donors (Lipinski definition) is 1. The van der Waals surface area contributed by atoms with Crippen molar-refractivity contribution < 1.29 is 9.15 Å². The Labute approximate surface area is 104 Å². The van der Waals surface area contributed by atoms with Gasteiger partial charge in [-0.05, 0) is 46.1 Å². The molecular weight excluding hydrogens is 214 g/mol. The molecule has 2 heterocycles. The van der Waals surface area contributed by atoms with Crippen molar-refractivity contribution in [1.82, 2.24) is 5.32 Å². The average Bonchev–Trinajstić information content (AvgIpc) is 2.67. The zero-order chi connectivity index (χ0) is 12.3. The Morgan fingerprint density at radius 3 is 2.82 bits per heavy atom. The molecule has 96 valence electrons. The van der Waals surface area contributed by atoms with Crippen LogP contribution in [0.5, 0.6) is 0 Å². The summed E-state index contributed by atoms with van der Waals surface area (Å²) in [6, 6.07) is 2.45. The first-order chi connectivity index (χ1) is 8.16. The van der Waals surface area contributed by atoms with Crippen LogP contribution in [-0.2, 0) is 4.74 Å². The minimum absolute atomic E-state index is 0.331.